The van der Waals surface area contributed by atoms with Crippen molar-refractivity contribution in [3.8, 4) is 11.5 Å². The topological polar surface area (TPSA) is 51.7 Å². The van der Waals surface area contributed by atoms with E-state index in [2.05, 4.69) is 24.8 Å². The molecule has 0 spiro atoms. The van der Waals surface area contributed by atoms with Gasteiger partial charge in [0.05, 0.1) is 22.3 Å². The Bertz CT molecular complexity index is 1060. The minimum absolute atomic E-state index is 0.0358. The van der Waals surface area contributed by atoms with Crippen molar-refractivity contribution in [2.24, 2.45) is 0 Å². The van der Waals surface area contributed by atoms with Gasteiger partial charge in [-0.05, 0) is 48.7 Å². The highest BCUT2D eigenvalue weighted by Crippen LogP contribution is 2.34. The molecule has 1 saturated heterocycles. The van der Waals surface area contributed by atoms with Crippen LogP contribution in [0.4, 0.5) is 0 Å². The summed E-state index contributed by atoms with van der Waals surface area (Å²) in [6, 6.07) is 13.9. The van der Waals surface area contributed by atoms with Gasteiger partial charge in [-0.15, -0.1) is 11.3 Å². The van der Waals surface area contributed by atoms with E-state index in [0.29, 0.717) is 24.0 Å². The molecule has 0 aliphatic carbocycles. The Balaban J connectivity index is 1.35. The molecular weight excluding hydrogens is 408 g/mol. The van der Waals surface area contributed by atoms with E-state index in [1.165, 1.54) is 9.71 Å². The van der Waals surface area contributed by atoms with E-state index >= 15 is 0 Å². The van der Waals surface area contributed by atoms with Crippen LogP contribution in [0.15, 0.2) is 61.2 Å². The molecule has 0 radical (unpaired) electrons. The van der Waals surface area contributed by atoms with Crippen LogP contribution < -0.4 is 9.47 Å². The van der Waals surface area contributed by atoms with Crippen molar-refractivity contribution in [3.63, 3.8) is 0 Å². The molecule has 1 amide bonds. The normalized spacial score (nSPS) is 14.8. The molecule has 1 aliphatic rings. The number of thiazole rings is 1. The average molecular weight is 435 g/mol. The second-order valence-electron chi connectivity index (χ2n) is 7.46. The SMILES string of the molecule is C=CCOc1ccc(C=CC(=O)N2CCC(c3nc4ccccc4s3)CC2)cc1OC. The van der Waals surface area contributed by atoms with Crippen LogP contribution >= 0.6 is 11.3 Å². The Hall–Kier alpha value is -3.12. The summed E-state index contributed by atoms with van der Waals surface area (Å²) in [6.07, 6.45) is 7.04. The molecule has 3 aromatic rings. The molecule has 160 valence electrons. The van der Waals surface area contributed by atoms with E-state index in [0.717, 1.165) is 37.0 Å². The lowest BCUT2D eigenvalue weighted by atomic mass is 9.97. The first kappa shape index (κ1) is 21.1. The minimum Gasteiger partial charge on any atom is -0.493 e. The van der Waals surface area contributed by atoms with E-state index < -0.39 is 0 Å². The maximum absolute atomic E-state index is 12.7. The lowest BCUT2D eigenvalue weighted by Gasteiger charge is -2.30. The monoisotopic (exact) mass is 434 g/mol. The van der Waals surface area contributed by atoms with Crippen molar-refractivity contribution in [1.29, 1.82) is 0 Å². The van der Waals surface area contributed by atoms with Gasteiger partial charge in [-0.25, -0.2) is 4.98 Å². The summed E-state index contributed by atoms with van der Waals surface area (Å²) in [5.41, 5.74) is 1.96. The van der Waals surface area contributed by atoms with Gasteiger partial charge in [-0.1, -0.05) is 30.9 Å². The molecule has 6 heteroatoms. The predicted molar refractivity (Wildman–Crippen MR) is 126 cm³/mol. The van der Waals surface area contributed by atoms with E-state index in [4.69, 9.17) is 14.5 Å². The summed E-state index contributed by atoms with van der Waals surface area (Å²) >= 11 is 1.77. The van der Waals surface area contributed by atoms with Crippen LogP contribution in [-0.4, -0.2) is 42.6 Å². The van der Waals surface area contributed by atoms with Gasteiger partial charge < -0.3 is 14.4 Å². The number of benzene rings is 2. The van der Waals surface area contributed by atoms with Crippen LogP contribution in [-0.2, 0) is 4.79 Å². The highest BCUT2D eigenvalue weighted by atomic mass is 32.1. The molecular formula is C25H26N2O3S. The first-order valence-corrected chi connectivity index (χ1v) is 11.2. The number of carbonyl (C=O) groups excluding carboxylic acids is 1. The number of rotatable bonds is 7. The van der Waals surface area contributed by atoms with Gasteiger partial charge >= 0.3 is 0 Å². The van der Waals surface area contributed by atoms with Gasteiger partial charge in [0.25, 0.3) is 0 Å². The number of hydrogen-bond donors (Lipinski definition) is 0. The molecule has 1 aromatic heterocycles. The Morgan fingerprint density at radius 2 is 2.03 bits per heavy atom. The standard InChI is InChI=1S/C25H26N2O3S/c1-3-16-30-21-10-8-18(17-22(21)29-2)9-11-24(28)27-14-12-19(13-15-27)25-26-20-6-4-5-7-23(20)31-25/h3-11,17,19H,1,12-16H2,2H3. The van der Waals surface area contributed by atoms with Crippen molar-refractivity contribution in [1.82, 2.24) is 9.88 Å². The van der Waals surface area contributed by atoms with Gasteiger partial charge in [-0.3, -0.25) is 4.79 Å². The molecule has 4 rings (SSSR count). The lowest BCUT2D eigenvalue weighted by molar-refractivity contribution is -0.126. The Morgan fingerprint density at radius 1 is 1.23 bits per heavy atom. The first-order chi connectivity index (χ1) is 15.2. The number of ether oxygens (including phenoxy) is 2. The van der Waals surface area contributed by atoms with E-state index in [9.17, 15) is 4.79 Å². The van der Waals surface area contributed by atoms with Crippen molar-refractivity contribution >= 4 is 33.5 Å². The molecule has 2 heterocycles. The molecule has 2 aromatic carbocycles. The minimum atomic E-state index is 0.0358. The molecule has 0 unspecified atom stereocenters. The van der Waals surface area contributed by atoms with Crippen LogP contribution in [0, 0.1) is 0 Å². The van der Waals surface area contributed by atoms with Crippen molar-refractivity contribution in [2.45, 2.75) is 18.8 Å². The smallest absolute Gasteiger partial charge is 0.246 e. The predicted octanol–water partition coefficient (Wildman–Crippen LogP) is 5.29. The third-order valence-electron chi connectivity index (χ3n) is 5.43. The summed E-state index contributed by atoms with van der Waals surface area (Å²) in [6.45, 7) is 5.57. The van der Waals surface area contributed by atoms with E-state index in [1.54, 1.807) is 30.6 Å². The molecule has 0 atom stereocenters. The summed E-state index contributed by atoms with van der Waals surface area (Å²) in [7, 11) is 1.60. The summed E-state index contributed by atoms with van der Waals surface area (Å²) < 4.78 is 12.2. The van der Waals surface area contributed by atoms with Crippen LogP contribution in [0.5, 0.6) is 11.5 Å². The molecule has 31 heavy (non-hydrogen) atoms. The Morgan fingerprint density at radius 3 is 2.77 bits per heavy atom. The van der Waals surface area contributed by atoms with Crippen molar-refractivity contribution in [3.05, 3.63) is 71.8 Å². The van der Waals surface area contributed by atoms with Crippen molar-refractivity contribution < 1.29 is 14.3 Å². The highest BCUT2D eigenvalue weighted by molar-refractivity contribution is 7.18. The second kappa shape index (κ2) is 9.79. The fourth-order valence-electron chi connectivity index (χ4n) is 3.74. The molecule has 1 aliphatic heterocycles. The second-order valence-corrected chi connectivity index (χ2v) is 8.52. The Kier molecular flexibility index (Phi) is 6.67. The largest absolute Gasteiger partial charge is 0.493 e. The third-order valence-corrected chi connectivity index (χ3v) is 6.63. The van der Waals surface area contributed by atoms with Crippen molar-refractivity contribution in [2.75, 3.05) is 26.8 Å². The molecule has 1 fully saturated rings. The number of methoxy groups -OCH3 is 1. The number of amides is 1. The molecule has 0 N–H and O–H groups in total. The van der Waals surface area contributed by atoms with Gasteiger partial charge in [0.15, 0.2) is 11.5 Å². The van der Waals surface area contributed by atoms with E-state index in [1.807, 2.05) is 35.2 Å². The van der Waals surface area contributed by atoms with Gasteiger partial charge in [0.2, 0.25) is 5.91 Å². The van der Waals surface area contributed by atoms with Gasteiger partial charge in [0.1, 0.15) is 6.61 Å². The number of piperidine rings is 1. The first-order valence-electron chi connectivity index (χ1n) is 10.4. The van der Waals surface area contributed by atoms with Crippen LogP contribution in [0.25, 0.3) is 16.3 Å². The number of carbonyl (C=O) groups is 1. The fourth-order valence-corrected chi connectivity index (χ4v) is 4.88. The number of hydrogen-bond acceptors (Lipinski definition) is 5. The van der Waals surface area contributed by atoms with Crippen LogP contribution in [0.3, 0.4) is 0 Å². The number of fused-ring (bicyclic) bond motifs is 1. The van der Waals surface area contributed by atoms with Gasteiger partial charge in [0, 0.05) is 25.1 Å². The summed E-state index contributed by atoms with van der Waals surface area (Å²) in [5.74, 6) is 1.75. The zero-order valence-corrected chi connectivity index (χ0v) is 18.4. The maximum Gasteiger partial charge on any atom is 0.246 e. The van der Waals surface area contributed by atoms with Crippen LogP contribution in [0.2, 0.25) is 0 Å². The molecule has 0 bridgehead atoms. The van der Waals surface area contributed by atoms with E-state index in [-0.39, 0.29) is 5.91 Å². The van der Waals surface area contributed by atoms with Crippen LogP contribution in [0.1, 0.15) is 29.3 Å². The zero-order valence-electron chi connectivity index (χ0n) is 17.6. The number of likely N-dealkylation sites (tertiary alicyclic amines) is 1. The average Bonchev–Trinajstić information content (AvgIpc) is 3.26. The summed E-state index contributed by atoms with van der Waals surface area (Å²) in [5, 5.41) is 1.19. The Labute approximate surface area is 186 Å². The maximum atomic E-state index is 12.7. The highest BCUT2D eigenvalue weighted by Gasteiger charge is 2.25. The molecule has 5 nitrogen and oxygen atoms in total. The zero-order chi connectivity index (χ0) is 21.6. The lowest BCUT2D eigenvalue weighted by Crippen LogP contribution is -2.36. The van der Waals surface area contributed by atoms with Gasteiger partial charge in [-0.2, -0.15) is 0 Å². The molecule has 0 saturated carbocycles. The number of para-hydroxylation sites is 1. The third kappa shape index (κ3) is 4.97. The quantitative estimate of drug-likeness (QED) is 0.375. The summed E-state index contributed by atoms with van der Waals surface area (Å²) in [4.78, 5) is 19.4. The number of aromatic nitrogens is 1. The fraction of sp³-hybridized carbons (Fsp3) is 0.280. The number of nitrogens with zero attached hydrogens (tertiary/aromatic N) is 2.